The first kappa shape index (κ1) is 22.7. The van der Waals surface area contributed by atoms with Crippen LogP contribution in [-0.4, -0.2) is 28.0 Å². The minimum absolute atomic E-state index is 0.0803. The zero-order valence-corrected chi connectivity index (χ0v) is 16.6. The van der Waals surface area contributed by atoms with Gasteiger partial charge in [0.25, 0.3) is 5.91 Å². The largest absolute Gasteiger partial charge is 0.478 e. The topological polar surface area (TPSA) is 137 Å². The number of carbonyl (C=O) groups is 3. The molecule has 0 bridgehead atoms. The summed E-state index contributed by atoms with van der Waals surface area (Å²) in [6.45, 7) is 0. The van der Waals surface area contributed by atoms with Crippen LogP contribution in [0.1, 0.15) is 26.4 Å². The second-order valence-electron chi connectivity index (χ2n) is 6.47. The number of halogens is 4. The number of carbonyl (C=O) groups excluding carboxylic acids is 2. The summed E-state index contributed by atoms with van der Waals surface area (Å²) in [5.74, 6) is -2.13. The van der Waals surface area contributed by atoms with Crippen molar-refractivity contribution in [2.75, 3.05) is 10.6 Å². The molecule has 0 saturated heterocycles. The van der Waals surface area contributed by atoms with E-state index in [1.54, 1.807) is 0 Å². The third-order valence-corrected chi connectivity index (χ3v) is 4.66. The average molecular weight is 467 g/mol. The number of benzene rings is 2. The minimum atomic E-state index is -4.61. The summed E-state index contributed by atoms with van der Waals surface area (Å²) in [6.07, 6.45) is -3.47. The number of rotatable bonds is 5. The Hall–Kier alpha value is -3.99. The molecular weight excluding hydrogens is 453 g/mol. The lowest BCUT2D eigenvalue weighted by atomic mass is 10.0. The van der Waals surface area contributed by atoms with Crippen molar-refractivity contribution in [2.24, 2.45) is 5.73 Å². The van der Waals surface area contributed by atoms with E-state index in [-0.39, 0.29) is 33.2 Å². The fraction of sp³-hybridized carbons (Fsp3) is 0.0500. The van der Waals surface area contributed by atoms with Crippen molar-refractivity contribution in [1.29, 1.82) is 0 Å². The molecule has 12 heteroatoms. The molecule has 166 valence electrons. The zero-order chi connectivity index (χ0) is 23.6. The Morgan fingerprint density at radius 3 is 2.25 bits per heavy atom. The molecule has 3 rings (SSSR count). The molecule has 3 aromatic rings. The number of alkyl halides is 3. The van der Waals surface area contributed by atoms with E-state index in [0.717, 1.165) is 18.3 Å². The molecule has 0 fully saturated rings. The fourth-order valence-electron chi connectivity index (χ4n) is 2.89. The third-order valence-electron chi connectivity index (χ3n) is 4.33. The van der Waals surface area contributed by atoms with E-state index in [0.29, 0.717) is 11.6 Å². The Kier molecular flexibility index (Phi) is 6.12. The molecule has 0 spiro atoms. The second kappa shape index (κ2) is 8.63. The Balaban J connectivity index is 1.79. The van der Waals surface area contributed by atoms with Crippen molar-refractivity contribution in [3.8, 4) is 11.1 Å². The number of aromatic nitrogens is 1. The molecule has 1 aromatic heterocycles. The molecule has 0 aliphatic carbocycles. The van der Waals surface area contributed by atoms with Crippen LogP contribution in [0, 0.1) is 0 Å². The van der Waals surface area contributed by atoms with Crippen molar-refractivity contribution in [2.45, 2.75) is 6.18 Å². The average Bonchev–Trinajstić information content (AvgIpc) is 3.15. The number of aromatic amines is 1. The van der Waals surface area contributed by atoms with Gasteiger partial charge in [0, 0.05) is 17.4 Å². The SMILES string of the molecule is NC(=O)c1[nH]cc(C(=O)O)c1-c1ccc(NC(=O)Nc2cc(C(F)(F)F)ccc2Cl)cc1. The molecule has 0 radical (unpaired) electrons. The first-order valence-corrected chi connectivity index (χ1v) is 9.15. The summed E-state index contributed by atoms with van der Waals surface area (Å²) in [6, 6.07) is 7.35. The number of H-pyrrole nitrogens is 1. The molecule has 0 atom stereocenters. The fourth-order valence-corrected chi connectivity index (χ4v) is 3.05. The summed E-state index contributed by atoms with van der Waals surface area (Å²) in [4.78, 5) is 37.7. The monoisotopic (exact) mass is 466 g/mol. The van der Waals surface area contributed by atoms with Crippen molar-refractivity contribution in [3.63, 3.8) is 0 Å². The molecule has 0 aliphatic heterocycles. The van der Waals surface area contributed by atoms with Gasteiger partial charge < -0.3 is 26.5 Å². The van der Waals surface area contributed by atoms with Crippen molar-refractivity contribution in [1.82, 2.24) is 4.98 Å². The number of carboxylic acids is 1. The predicted molar refractivity (Wildman–Crippen MR) is 111 cm³/mol. The van der Waals surface area contributed by atoms with Crippen molar-refractivity contribution < 1.29 is 32.7 Å². The maximum Gasteiger partial charge on any atom is 0.416 e. The van der Waals surface area contributed by atoms with Crippen LogP contribution in [0.15, 0.2) is 48.7 Å². The van der Waals surface area contributed by atoms with Gasteiger partial charge in [-0.15, -0.1) is 0 Å². The van der Waals surface area contributed by atoms with E-state index in [1.165, 1.54) is 24.3 Å². The van der Waals surface area contributed by atoms with E-state index in [2.05, 4.69) is 15.6 Å². The van der Waals surface area contributed by atoms with E-state index >= 15 is 0 Å². The summed E-state index contributed by atoms with van der Waals surface area (Å²) in [5.41, 5.74) is 4.45. The molecule has 0 unspecified atom stereocenters. The molecule has 8 nitrogen and oxygen atoms in total. The van der Waals surface area contributed by atoms with E-state index in [1.807, 2.05) is 0 Å². The predicted octanol–water partition coefficient (Wildman–Crippen LogP) is 4.80. The van der Waals surface area contributed by atoms with Crippen LogP contribution in [0.2, 0.25) is 5.02 Å². The zero-order valence-electron chi connectivity index (χ0n) is 15.9. The number of primary amides is 1. The Morgan fingerprint density at radius 1 is 1.03 bits per heavy atom. The standard InChI is InChI=1S/C20H14ClF3N4O4/c21-13-6-3-10(20(22,23)24)7-14(13)28-19(32)27-11-4-1-9(2-5-11)15-12(18(30)31)8-26-16(15)17(25)29/h1-8,26H,(H2,25,29)(H,30,31)(H2,27,28,32). The van der Waals surface area contributed by atoms with Gasteiger partial charge >= 0.3 is 18.2 Å². The Morgan fingerprint density at radius 2 is 1.69 bits per heavy atom. The molecule has 0 aliphatic rings. The van der Waals surface area contributed by atoms with Gasteiger partial charge in [-0.1, -0.05) is 23.7 Å². The molecule has 32 heavy (non-hydrogen) atoms. The van der Waals surface area contributed by atoms with E-state index in [4.69, 9.17) is 17.3 Å². The number of urea groups is 1. The normalized spacial score (nSPS) is 11.1. The lowest BCUT2D eigenvalue weighted by molar-refractivity contribution is -0.137. The van der Waals surface area contributed by atoms with Gasteiger partial charge in [-0.2, -0.15) is 13.2 Å². The number of aromatic carboxylic acids is 1. The molecule has 2 aromatic carbocycles. The van der Waals surface area contributed by atoms with Crippen LogP contribution in [0.5, 0.6) is 0 Å². The number of nitrogens with one attached hydrogen (secondary N) is 3. The van der Waals surface area contributed by atoms with Crippen LogP contribution < -0.4 is 16.4 Å². The van der Waals surface area contributed by atoms with Crippen LogP contribution in [0.3, 0.4) is 0 Å². The molecular formula is C20H14ClF3N4O4. The van der Waals surface area contributed by atoms with E-state index in [9.17, 15) is 32.7 Å². The van der Waals surface area contributed by atoms with Gasteiger partial charge in [-0.25, -0.2) is 9.59 Å². The van der Waals surface area contributed by atoms with Crippen molar-refractivity contribution >= 4 is 40.9 Å². The van der Waals surface area contributed by atoms with Gasteiger partial charge in [0.2, 0.25) is 0 Å². The van der Waals surface area contributed by atoms with Gasteiger partial charge in [-0.3, -0.25) is 4.79 Å². The highest BCUT2D eigenvalue weighted by Gasteiger charge is 2.31. The number of nitrogens with two attached hydrogens (primary N) is 1. The van der Waals surface area contributed by atoms with Crippen LogP contribution in [0.25, 0.3) is 11.1 Å². The van der Waals surface area contributed by atoms with Crippen molar-refractivity contribution in [3.05, 3.63) is 70.5 Å². The van der Waals surface area contributed by atoms with Crippen LogP contribution in [-0.2, 0) is 6.18 Å². The highest BCUT2D eigenvalue weighted by atomic mass is 35.5. The maximum absolute atomic E-state index is 12.9. The number of amides is 3. The van der Waals surface area contributed by atoms with E-state index < -0.39 is 29.6 Å². The second-order valence-corrected chi connectivity index (χ2v) is 6.88. The number of anilines is 2. The summed E-state index contributed by atoms with van der Waals surface area (Å²) < 4.78 is 38.6. The molecule has 1 heterocycles. The Bertz CT molecular complexity index is 1180. The van der Waals surface area contributed by atoms with Gasteiger partial charge in [0.15, 0.2) is 0 Å². The lowest BCUT2D eigenvalue weighted by Crippen LogP contribution is -2.20. The first-order valence-electron chi connectivity index (χ1n) is 8.77. The molecule has 6 N–H and O–H groups in total. The smallest absolute Gasteiger partial charge is 0.416 e. The maximum atomic E-state index is 12.9. The highest BCUT2D eigenvalue weighted by molar-refractivity contribution is 6.33. The van der Waals surface area contributed by atoms with Gasteiger partial charge in [-0.05, 0) is 35.9 Å². The number of hydrogen-bond acceptors (Lipinski definition) is 3. The first-order chi connectivity index (χ1) is 15.0. The van der Waals surface area contributed by atoms with Gasteiger partial charge in [0.05, 0.1) is 21.8 Å². The minimum Gasteiger partial charge on any atom is -0.478 e. The Labute approximate surface area is 183 Å². The quantitative estimate of drug-likeness (QED) is 0.369. The summed E-state index contributed by atoms with van der Waals surface area (Å²) in [5, 5.41) is 13.9. The number of carboxylic acid groups (broad SMARTS) is 1. The van der Waals surface area contributed by atoms with Crippen LogP contribution >= 0.6 is 11.6 Å². The van der Waals surface area contributed by atoms with Crippen LogP contribution in [0.4, 0.5) is 29.3 Å². The van der Waals surface area contributed by atoms with Gasteiger partial charge in [0.1, 0.15) is 5.69 Å². The molecule has 0 saturated carbocycles. The number of hydrogen-bond donors (Lipinski definition) is 5. The lowest BCUT2D eigenvalue weighted by Gasteiger charge is -2.12. The third kappa shape index (κ3) is 4.83. The summed E-state index contributed by atoms with van der Waals surface area (Å²) in [7, 11) is 0. The molecule has 3 amide bonds. The highest BCUT2D eigenvalue weighted by Crippen LogP contribution is 2.34. The summed E-state index contributed by atoms with van der Waals surface area (Å²) >= 11 is 5.85.